The van der Waals surface area contributed by atoms with E-state index in [-0.39, 0.29) is 6.04 Å². The number of aryl methyl sites for hydroxylation is 2. The molecule has 1 unspecified atom stereocenters. The molecule has 2 N–H and O–H groups in total. The fraction of sp³-hybridized carbons (Fsp3) is 0.316. The number of nitrogens with zero attached hydrogens (tertiary/aromatic N) is 2. The highest BCUT2D eigenvalue weighted by Crippen LogP contribution is 2.37. The SMILES string of the molecule is COc1cccc(C2CC(CN)=NN2c2ccc(C)cc2C)c1. The monoisotopic (exact) mass is 309 g/mol. The summed E-state index contributed by atoms with van der Waals surface area (Å²) in [6.45, 7) is 4.72. The van der Waals surface area contributed by atoms with E-state index in [1.165, 1.54) is 16.7 Å². The molecule has 1 atom stereocenters. The van der Waals surface area contributed by atoms with Crippen LogP contribution < -0.4 is 15.5 Å². The zero-order chi connectivity index (χ0) is 16.4. The largest absolute Gasteiger partial charge is 0.497 e. The average molecular weight is 309 g/mol. The van der Waals surface area contributed by atoms with Gasteiger partial charge in [-0.1, -0.05) is 29.8 Å². The Hall–Kier alpha value is -2.33. The van der Waals surface area contributed by atoms with Crippen molar-refractivity contribution in [1.82, 2.24) is 0 Å². The van der Waals surface area contributed by atoms with Gasteiger partial charge in [-0.2, -0.15) is 5.10 Å². The van der Waals surface area contributed by atoms with E-state index in [0.29, 0.717) is 6.54 Å². The molecule has 0 bridgehead atoms. The number of hydrogen-bond acceptors (Lipinski definition) is 4. The predicted octanol–water partition coefficient (Wildman–Crippen LogP) is 3.58. The molecular formula is C19H23N3O. The van der Waals surface area contributed by atoms with Crippen LogP contribution in [-0.2, 0) is 0 Å². The molecule has 1 aliphatic heterocycles. The van der Waals surface area contributed by atoms with Gasteiger partial charge in [-0.05, 0) is 43.2 Å². The van der Waals surface area contributed by atoms with Crippen LogP contribution >= 0.6 is 0 Å². The van der Waals surface area contributed by atoms with Gasteiger partial charge in [-0.3, -0.25) is 5.01 Å². The highest BCUT2D eigenvalue weighted by Gasteiger charge is 2.29. The molecule has 0 fully saturated rings. The molecule has 0 amide bonds. The van der Waals surface area contributed by atoms with Crippen molar-refractivity contribution >= 4 is 11.4 Å². The van der Waals surface area contributed by atoms with Gasteiger partial charge in [0.05, 0.1) is 24.6 Å². The standard InChI is InChI=1S/C19H23N3O/c1-13-7-8-18(14(2)9-13)22-19(11-16(12-20)21-22)15-5-4-6-17(10-15)23-3/h4-10,19H,11-12,20H2,1-3H3. The number of methoxy groups -OCH3 is 1. The van der Waals surface area contributed by atoms with Gasteiger partial charge in [0, 0.05) is 13.0 Å². The number of anilines is 1. The van der Waals surface area contributed by atoms with Crippen LogP contribution in [0.1, 0.15) is 29.2 Å². The van der Waals surface area contributed by atoms with E-state index in [1.54, 1.807) is 7.11 Å². The Kier molecular flexibility index (Phi) is 4.35. The summed E-state index contributed by atoms with van der Waals surface area (Å²) in [6, 6.07) is 14.8. The van der Waals surface area contributed by atoms with Crippen LogP contribution in [0, 0.1) is 13.8 Å². The van der Waals surface area contributed by atoms with E-state index >= 15 is 0 Å². The number of rotatable bonds is 4. The summed E-state index contributed by atoms with van der Waals surface area (Å²) in [5.74, 6) is 0.865. The Morgan fingerprint density at radius 3 is 2.74 bits per heavy atom. The minimum Gasteiger partial charge on any atom is -0.497 e. The fourth-order valence-corrected chi connectivity index (χ4v) is 3.09. The van der Waals surface area contributed by atoms with Crippen molar-refractivity contribution in [1.29, 1.82) is 0 Å². The Morgan fingerprint density at radius 2 is 2.04 bits per heavy atom. The summed E-state index contributed by atoms with van der Waals surface area (Å²) in [4.78, 5) is 0. The van der Waals surface area contributed by atoms with E-state index in [4.69, 9.17) is 15.6 Å². The lowest BCUT2D eigenvalue weighted by atomic mass is 10.00. The Morgan fingerprint density at radius 1 is 1.22 bits per heavy atom. The van der Waals surface area contributed by atoms with E-state index < -0.39 is 0 Å². The van der Waals surface area contributed by atoms with Crippen LogP contribution in [0.4, 0.5) is 5.69 Å². The lowest BCUT2D eigenvalue weighted by Crippen LogP contribution is -2.19. The number of ether oxygens (including phenoxy) is 1. The first-order chi connectivity index (χ1) is 11.1. The second-order valence-corrected chi connectivity index (χ2v) is 6.00. The highest BCUT2D eigenvalue weighted by molar-refractivity contribution is 5.90. The molecule has 0 aromatic heterocycles. The van der Waals surface area contributed by atoms with Crippen LogP contribution in [0.25, 0.3) is 0 Å². The Balaban J connectivity index is 2.01. The maximum atomic E-state index is 5.85. The van der Waals surface area contributed by atoms with Gasteiger partial charge in [0.2, 0.25) is 0 Å². The van der Waals surface area contributed by atoms with Gasteiger partial charge < -0.3 is 10.5 Å². The molecule has 0 saturated heterocycles. The molecule has 3 rings (SSSR count). The molecular weight excluding hydrogens is 286 g/mol. The number of hydrogen-bond donors (Lipinski definition) is 1. The minimum absolute atomic E-state index is 0.157. The second kappa shape index (κ2) is 6.42. The molecule has 2 aromatic rings. The lowest BCUT2D eigenvalue weighted by molar-refractivity contribution is 0.414. The van der Waals surface area contributed by atoms with Crippen LogP contribution in [0.5, 0.6) is 5.75 Å². The number of hydrazone groups is 1. The molecule has 1 aliphatic rings. The zero-order valence-electron chi connectivity index (χ0n) is 13.9. The molecule has 1 heterocycles. The maximum absolute atomic E-state index is 5.85. The molecule has 23 heavy (non-hydrogen) atoms. The third-order valence-corrected chi connectivity index (χ3v) is 4.29. The summed E-state index contributed by atoms with van der Waals surface area (Å²) in [7, 11) is 1.69. The van der Waals surface area contributed by atoms with Crippen LogP contribution in [-0.4, -0.2) is 19.4 Å². The van der Waals surface area contributed by atoms with Crippen molar-refractivity contribution in [3.05, 3.63) is 59.2 Å². The van der Waals surface area contributed by atoms with E-state index in [0.717, 1.165) is 23.6 Å². The first-order valence-corrected chi connectivity index (χ1v) is 7.89. The van der Waals surface area contributed by atoms with Gasteiger partial charge in [-0.25, -0.2) is 0 Å². The molecule has 2 aromatic carbocycles. The van der Waals surface area contributed by atoms with Crippen LogP contribution in [0.3, 0.4) is 0 Å². The summed E-state index contributed by atoms with van der Waals surface area (Å²) in [6.07, 6.45) is 0.844. The van der Waals surface area contributed by atoms with Crippen molar-refractivity contribution < 1.29 is 4.74 Å². The smallest absolute Gasteiger partial charge is 0.119 e. The highest BCUT2D eigenvalue weighted by atomic mass is 16.5. The molecule has 0 spiro atoms. The summed E-state index contributed by atoms with van der Waals surface area (Å²) >= 11 is 0. The Bertz CT molecular complexity index is 739. The number of nitrogens with two attached hydrogens (primary N) is 1. The number of benzene rings is 2. The summed E-state index contributed by atoms with van der Waals surface area (Å²) in [5.41, 5.74) is 11.7. The molecule has 0 saturated carbocycles. The Labute approximate surface area is 137 Å². The van der Waals surface area contributed by atoms with Crippen molar-refractivity contribution in [2.45, 2.75) is 26.3 Å². The quantitative estimate of drug-likeness (QED) is 0.939. The molecule has 120 valence electrons. The lowest BCUT2D eigenvalue weighted by Gasteiger charge is -2.26. The maximum Gasteiger partial charge on any atom is 0.119 e. The van der Waals surface area contributed by atoms with Gasteiger partial charge >= 0.3 is 0 Å². The van der Waals surface area contributed by atoms with Crippen LogP contribution in [0.2, 0.25) is 0 Å². The first-order valence-electron chi connectivity index (χ1n) is 7.89. The first kappa shape index (κ1) is 15.6. The van der Waals surface area contributed by atoms with Crippen molar-refractivity contribution in [2.75, 3.05) is 18.7 Å². The predicted molar refractivity (Wildman–Crippen MR) is 95.2 cm³/mol. The van der Waals surface area contributed by atoms with Gasteiger partial charge in [0.1, 0.15) is 5.75 Å². The van der Waals surface area contributed by atoms with Crippen molar-refractivity contribution in [3.8, 4) is 5.75 Å². The van der Waals surface area contributed by atoms with Gasteiger partial charge in [-0.15, -0.1) is 0 Å². The minimum atomic E-state index is 0.157. The summed E-state index contributed by atoms with van der Waals surface area (Å²) in [5, 5.41) is 6.87. The average Bonchev–Trinajstić information content (AvgIpc) is 2.99. The third-order valence-electron chi connectivity index (χ3n) is 4.29. The van der Waals surface area contributed by atoms with E-state index in [9.17, 15) is 0 Å². The summed E-state index contributed by atoms with van der Waals surface area (Å²) < 4.78 is 5.37. The topological polar surface area (TPSA) is 50.9 Å². The fourth-order valence-electron chi connectivity index (χ4n) is 3.09. The van der Waals surface area contributed by atoms with Crippen molar-refractivity contribution in [3.63, 3.8) is 0 Å². The molecule has 0 radical (unpaired) electrons. The molecule has 4 nitrogen and oxygen atoms in total. The van der Waals surface area contributed by atoms with Crippen LogP contribution in [0.15, 0.2) is 47.6 Å². The third kappa shape index (κ3) is 3.08. The molecule has 4 heteroatoms. The van der Waals surface area contributed by atoms with E-state index in [2.05, 4.69) is 49.2 Å². The van der Waals surface area contributed by atoms with Gasteiger partial charge in [0.25, 0.3) is 0 Å². The zero-order valence-corrected chi connectivity index (χ0v) is 13.9. The second-order valence-electron chi connectivity index (χ2n) is 6.00. The van der Waals surface area contributed by atoms with Crippen molar-refractivity contribution in [2.24, 2.45) is 10.8 Å². The molecule has 0 aliphatic carbocycles. The van der Waals surface area contributed by atoms with Gasteiger partial charge in [0.15, 0.2) is 0 Å². The normalized spacial score (nSPS) is 17.3. The van der Waals surface area contributed by atoms with E-state index in [1.807, 2.05) is 12.1 Å².